The maximum atomic E-state index is 6.09. The van der Waals surface area contributed by atoms with Crippen LogP contribution in [0.3, 0.4) is 0 Å². The molecule has 0 aliphatic carbocycles. The van der Waals surface area contributed by atoms with Gasteiger partial charge in [-0.05, 0) is 24.6 Å². The standard InChI is InChI=1S/C19H20N2O2/c1-3-21-13-12-20-19(21)16-10-7-11-17(22-2)18(16)23-14-15-8-5-4-6-9-15/h4-13H,3,14H2,1-2H3. The molecule has 0 saturated carbocycles. The predicted octanol–water partition coefficient (Wildman–Crippen LogP) is 4.16. The summed E-state index contributed by atoms with van der Waals surface area (Å²) < 4.78 is 13.7. The summed E-state index contributed by atoms with van der Waals surface area (Å²) in [5, 5.41) is 0. The summed E-state index contributed by atoms with van der Waals surface area (Å²) in [5.41, 5.74) is 2.05. The number of ether oxygens (including phenoxy) is 2. The Labute approximate surface area is 136 Å². The van der Waals surface area contributed by atoms with Crippen LogP contribution in [0.15, 0.2) is 60.9 Å². The number of aryl methyl sites for hydroxylation is 1. The van der Waals surface area contributed by atoms with E-state index in [1.807, 2.05) is 54.7 Å². The van der Waals surface area contributed by atoms with E-state index in [4.69, 9.17) is 9.47 Å². The highest BCUT2D eigenvalue weighted by atomic mass is 16.5. The summed E-state index contributed by atoms with van der Waals surface area (Å²) in [6, 6.07) is 16.0. The van der Waals surface area contributed by atoms with E-state index < -0.39 is 0 Å². The van der Waals surface area contributed by atoms with Crippen molar-refractivity contribution in [3.63, 3.8) is 0 Å². The molecule has 0 bridgehead atoms. The maximum absolute atomic E-state index is 6.09. The van der Waals surface area contributed by atoms with Crippen molar-refractivity contribution in [1.29, 1.82) is 0 Å². The van der Waals surface area contributed by atoms with E-state index in [9.17, 15) is 0 Å². The van der Waals surface area contributed by atoms with Crippen molar-refractivity contribution >= 4 is 0 Å². The summed E-state index contributed by atoms with van der Waals surface area (Å²) in [7, 11) is 1.65. The second-order valence-electron chi connectivity index (χ2n) is 5.15. The number of methoxy groups -OCH3 is 1. The highest BCUT2D eigenvalue weighted by molar-refractivity contribution is 5.69. The third-order valence-corrected chi connectivity index (χ3v) is 3.72. The fourth-order valence-corrected chi connectivity index (χ4v) is 2.54. The Morgan fingerprint density at radius 3 is 2.61 bits per heavy atom. The number of hydrogen-bond donors (Lipinski definition) is 0. The van der Waals surface area contributed by atoms with Gasteiger partial charge < -0.3 is 14.0 Å². The molecule has 3 rings (SSSR count). The molecule has 4 heteroatoms. The molecular formula is C19H20N2O2. The van der Waals surface area contributed by atoms with Crippen LogP contribution in [0.1, 0.15) is 12.5 Å². The first-order chi connectivity index (χ1) is 11.3. The Hall–Kier alpha value is -2.75. The fraction of sp³-hybridized carbons (Fsp3) is 0.211. The number of imidazole rings is 1. The first-order valence-corrected chi connectivity index (χ1v) is 7.68. The van der Waals surface area contributed by atoms with E-state index in [-0.39, 0.29) is 0 Å². The van der Waals surface area contributed by atoms with E-state index in [2.05, 4.69) is 16.5 Å². The lowest BCUT2D eigenvalue weighted by Crippen LogP contribution is -2.02. The van der Waals surface area contributed by atoms with E-state index in [1.54, 1.807) is 13.3 Å². The van der Waals surface area contributed by atoms with E-state index >= 15 is 0 Å². The van der Waals surface area contributed by atoms with Gasteiger partial charge in [0.2, 0.25) is 0 Å². The SMILES string of the molecule is CCn1ccnc1-c1cccc(OC)c1OCc1ccccc1. The Morgan fingerprint density at radius 1 is 1.04 bits per heavy atom. The molecule has 0 fully saturated rings. The van der Waals surface area contributed by atoms with Crippen LogP contribution in [0.25, 0.3) is 11.4 Å². The Balaban J connectivity index is 1.97. The zero-order valence-electron chi connectivity index (χ0n) is 13.4. The normalized spacial score (nSPS) is 10.5. The first-order valence-electron chi connectivity index (χ1n) is 7.68. The number of benzene rings is 2. The van der Waals surface area contributed by atoms with Gasteiger partial charge in [0.25, 0.3) is 0 Å². The van der Waals surface area contributed by atoms with Crippen molar-refractivity contribution in [3.05, 3.63) is 66.5 Å². The summed E-state index contributed by atoms with van der Waals surface area (Å²) in [6.07, 6.45) is 3.77. The molecule has 0 unspecified atom stereocenters. The topological polar surface area (TPSA) is 36.3 Å². The molecule has 1 aromatic heterocycles. The van der Waals surface area contributed by atoms with Gasteiger partial charge in [0, 0.05) is 18.9 Å². The molecule has 0 radical (unpaired) electrons. The van der Waals surface area contributed by atoms with E-state index in [0.29, 0.717) is 12.4 Å². The molecule has 0 saturated heterocycles. The van der Waals surface area contributed by atoms with Crippen LogP contribution in [-0.2, 0) is 13.2 Å². The molecule has 0 aliphatic heterocycles. The third-order valence-electron chi connectivity index (χ3n) is 3.72. The van der Waals surface area contributed by atoms with Gasteiger partial charge in [-0.15, -0.1) is 0 Å². The van der Waals surface area contributed by atoms with Gasteiger partial charge in [0.1, 0.15) is 12.4 Å². The van der Waals surface area contributed by atoms with Gasteiger partial charge in [0.05, 0.1) is 12.7 Å². The van der Waals surface area contributed by atoms with Crippen molar-refractivity contribution in [2.75, 3.05) is 7.11 Å². The lowest BCUT2D eigenvalue weighted by molar-refractivity contribution is 0.285. The quantitative estimate of drug-likeness (QED) is 0.686. The molecule has 4 nitrogen and oxygen atoms in total. The Bertz CT molecular complexity index is 766. The van der Waals surface area contributed by atoms with Crippen molar-refractivity contribution in [2.24, 2.45) is 0 Å². The van der Waals surface area contributed by atoms with Gasteiger partial charge in [-0.1, -0.05) is 36.4 Å². The molecular weight excluding hydrogens is 288 g/mol. The minimum Gasteiger partial charge on any atom is -0.493 e. The maximum Gasteiger partial charge on any atom is 0.172 e. The largest absolute Gasteiger partial charge is 0.493 e. The van der Waals surface area contributed by atoms with Crippen molar-refractivity contribution in [2.45, 2.75) is 20.1 Å². The zero-order chi connectivity index (χ0) is 16.1. The molecule has 0 aliphatic rings. The average Bonchev–Trinajstić information content (AvgIpc) is 3.09. The van der Waals surface area contributed by atoms with Crippen molar-refractivity contribution in [3.8, 4) is 22.9 Å². The molecule has 0 amide bonds. The van der Waals surface area contributed by atoms with Gasteiger partial charge in [-0.25, -0.2) is 4.98 Å². The number of aromatic nitrogens is 2. The van der Waals surface area contributed by atoms with Gasteiger partial charge in [-0.2, -0.15) is 0 Å². The fourth-order valence-electron chi connectivity index (χ4n) is 2.54. The minimum absolute atomic E-state index is 0.487. The minimum atomic E-state index is 0.487. The monoisotopic (exact) mass is 308 g/mol. The average molecular weight is 308 g/mol. The lowest BCUT2D eigenvalue weighted by Gasteiger charge is -2.15. The van der Waals surface area contributed by atoms with E-state index in [0.717, 1.165) is 29.2 Å². The van der Waals surface area contributed by atoms with Gasteiger partial charge in [-0.3, -0.25) is 0 Å². The van der Waals surface area contributed by atoms with Crippen LogP contribution >= 0.6 is 0 Å². The molecule has 2 aromatic carbocycles. The summed E-state index contributed by atoms with van der Waals surface area (Å²) in [6.45, 7) is 3.43. The van der Waals surface area contributed by atoms with E-state index in [1.165, 1.54) is 0 Å². The molecule has 23 heavy (non-hydrogen) atoms. The Morgan fingerprint density at radius 2 is 1.87 bits per heavy atom. The lowest BCUT2D eigenvalue weighted by atomic mass is 10.1. The van der Waals surface area contributed by atoms with Crippen LogP contribution in [0, 0.1) is 0 Å². The number of hydrogen-bond acceptors (Lipinski definition) is 3. The first kappa shape index (κ1) is 15.2. The van der Waals surface area contributed by atoms with Crippen LogP contribution in [-0.4, -0.2) is 16.7 Å². The predicted molar refractivity (Wildman–Crippen MR) is 90.7 cm³/mol. The number of nitrogens with zero attached hydrogens (tertiary/aromatic N) is 2. The van der Waals surface area contributed by atoms with Gasteiger partial charge in [0.15, 0.2) is 11.5 Å². The summed E-state index contributed by atoms with van der Waals surface area (Å²) in [5.74, 6) is 2.32. The van der Waals surface area contributed by atoms with Gasteiger partial charge >= 0.3 is 0 Å². The third kappa shape index (κ3) is 3.21. The van der Waals surface area contributed by atoms with Crippen LogP contribution in [0.2, 0.25) is 0 Å². The molecule has 0 spiro atoms. The number of rotatable bonds is 6. The summed E-state index contributed by atoms with van der Waals surface area (Å²) in [4.78, 5) is 4.48. The number of para-hydroxylation sites is 1. The molecule has 118 valence electrons. The second kappa shape index (κ2) is 7.01. The van der Waals surface area contributed by atoms with Crippen LogP contribution in [0.5, 0.6) is 11.5 Å². The smallest absolute Gasteiger partial charge is 0.172 e. The molecule has 0 N–H and O–H groups in total. The highest BCUT2D eigenvalue weighted by Crippen LogP contribution is 2.37. The van der Waals surface area contributed by atoms with Crippen molar-refractivity contribution < 1.29 is 9.47 Å². The van der Waals surface area contributed by atoms with Crippen LogP contribution in [0.4, 0.5) is 0 Å². The highest BCUT2D eigenvalue weighted by Gasteiger charge is 2.16. The van der Waals surface area contributed by atoms with Crippen LogP contribution < -0.4 is 9.47 Å². The molecule has 3 aromatic rings. The van der Waals surface area contributed by atoms with Crippen molar-refractivity contribution in [1.82, 2.24) is 9.55 Å². The second-order valence-corrected chi connectivity index (χ2v) is 5.15. The Kier molecular flexibility index (Phi) is 4.62. The molecule has 0 atom stereocenters. The summed E-state index contributed by atoms with van der Waals surface area (Å²) >= 11 is 0. The zero-order valence-corrected chi connectivity index (χ0v) is 13.4. The molecule has 1 heterocycles.